The summed E-state index contributed by atoms with van der Waals surface area (Å²) in [6.45, 7) is 0.344. The number of rotatable bonds is 4. The van der Waals surface area contributed by atoms with Crippen LogP contribution in [0.3, 0.4) is 0 Å². The first-order valence-corrected chi connectivity index (χ1v) is 8.03. The van der Waals surface area contributed by atoms with Crippen LogP contribution in [0.25, 0.3) is 21.9 Å². The van der Waals surface area contributed by atoms with E-state index in [9.17, 15) is 9.59 Å². The van der Waals surface area contributed by atoms with Crippen LogP contribution in [0.15, 0.2) is 53.6 Å². The van der Waals surface area contributed by atoms with Gasteiger partial charge in [-0.3, -0.25) is 9.59 Å². The Bertz CT molecular complexity index is 1180. The zero-order chi connectivity index (χ0) is 18.1. The van der Waals surface area contributed by atoms with Gasteiger partial charge in [0.25, 0.3) is 5.91 Å². The molecule has 0 aliphatic rings. The van der Waals surface area contributed by atoms with Crippen LogP contribution in [0.4, 0.5) is 5.69 Å². The molecule has 7 heteroatoms. The van der Waals surface area contributed by atoms with Crippen LogP contribution in [0.1, 0.15) is 15.9 Å². The highest BCUT2D eigenvalue weighted by Gasteiger charge is 2.10. The second-order valence-corrected chi connectivity index (χ2v) is 5.94. The number of benzene rings is 2. The van der Waals surface area contributed by atoms with E-state index in [4.69, 9.17) is 4.74 Å². The number of imidazole rings is 1. The average molecular weight is 348 g/mol. The molecule has 2 heterocycles. The van der Waals surface area contributed by atoms with E-state index in [0.717, 1.165) is 22.0 Å². The zero-order valence-corrected chi connectivity index (χ0v) is 14.0. The normalized spacial score (nSPS) is 11.1. The van der Waals surface area contributed by atoms with Crippen LogP contribution in [0.5, 0.6) is 0 Å². The minimum Gasteiger partial charge on any atom is -0.380 e. The first-order valence-electron chi connectivity index (χ1n) is 8.03. The van der Waals surface area contributed by atoms with Gasteiger partial charge in [0.05, 0.1) is 29.5 Å². The Morgan fingerprint density at radius 1 is 1.15 bits per heavy atom. The highest BCUT2D eigenvalue weighted by atomic mass is 16.5. The molecule has 2 aromatic carbocycles. The predicted octanol–water partition coefficient (Wildman–Crippen LogP) is 2.80. The molecule has 0 saturated carbocycles. The van der Waals surface area contributed by atoms with Crippen molar-refractivity contribution in [3.63, 3.8) is 0 Å². The van der Waals surface area contributed by atoms with Crippen LogP contribution in [-0.2, 0) is 11.3 Å². The van der Waals surface area contributed by atoms with E-state index in [2.05, 4.69) is 20.3 Å². The van der Waals surface area contributed by atoms with E-state index in [0.29, 0.717) is 23.4 Å². The number of carbonyl (C=O) groups is 1. The third-order valence-corrected chi connectivity index (χ3v) is 4.17. The van der Waals surface area contributed by atoms with Gasteiger partial charge in [-0.15, -0.1) is 0 Å². The molecule has 0 spiro atoms. The minimum atomic E-state index is -0.240. The number of aromatic nitrogens is 3. The maximum absolute atomic E-state index is 12.5. The fraction of sp³-hybridized carbons (Fsp3) is 0.105. The number of anilines is 1. The SMILES string of the molecule is COCc1cc(=O)[nH]c2cc(NC(=O)c3ccc4nc[nH]c4c3)ccc12. The lowest BCUT2D eigenvalue weighted by Crippen LogP contribution is -2.12. The van der Waals surface area contributed by atoms with Gasteiger partial charge in [-0.2, -0.15) is 0 Å². The Morgan fingerprint density at radius 3 is 2.88 bits per heavy atom. The Morgan fingerprint density at radius 2 is 2.04 bits per heavy atom. The Balaban J connectivity index is 1.66. The van der Waals surface area contributed by atoms with Crippen molar-refractivity contribution in [3.8, 4) is 0 Å². The van der Waals surface area contributed by atoms with Gasteiger partial charge in [-0.1, -0.05) is 6.07 Å². The van der Waals surface area contributed by atoms with Crippen molar-refractivity contribution in [1.82, 2.24) is 15.0 Å². The molecule has 0 radical (unpaired) electrons. The smallest absolute Gasteiger partial charge is 0.255 e. The molecule has 4 rings (SSSR count). The molecule has 1 amide bonds. The number of H-pyrrole nitrogens is 2. The topological polar surface area (TPSA) is 99.9 Å². The lowest BCUT2D eigenvalue weighted by molar-refractivity contribution is 0.102. The van der Waals surface area contributed by atoms with Gasteiger partial charge >= 0.3 is 0 Å². The molecule has 7 nitrogen and oxygen atoms in total. The van der Waals surface area contributed by atoms with Gasteiger partial charge in [0, 0.05) is 29.8 Å². The van der Waals surface area contributed by atoms with E-state index < -0.39 is 0 Å². The monoisotopic (exact) mass is 348 g/mol. The van der Waals surface area contributed by atoms with Crippen LogP contribution >= 0.6 is 0 Å². The molecule has 0 aliphatic carbocycles. The molecular weight excluding hydrogens is 332 g/mol. The summed E-state index contributed by atoms with van der Waals surface area (Å²) in [5.41, 5.74) is 3.94. The molecule has 3 N–H and O–H groups in total. The summed E-state index contributed by atoms with van der Waals surface area (Å²) in [6, 6.07) is 12.2. The fourth-order valence-corrected chi connectivity index (χ4v) is 2.97. The molecule has 0 bridgehead atoms. The summed E-state index contributed by atoms with van der Waals surface area (Å²) >= 11 is 0. The third kappa shape index (κ3) is 2.96. The number of nitrogens with one attached hydrogen (secondary N) is 3. The number of methoxy groups -OCH3 is 1. The molecule has 0 saturated heterocycles. The van der Waals surface area contributed by atoms with E-state index >= 15 is 0 Å². The largest absolute Gasteiger partial charge is 0.380 e. The number of amides is 1. The molecular formula is C19H16N4O3. The van der Waals surface area contributed by atoms with E-state index in [1.165, 1.54) is 6.07 Å². The number of fused-ring (bicyclic) bond motifs is 2. The summed E-state index contributed by atoms with van der Waals surface area (Å²) in [5, 5.41) is 3.73. The number of hydrogen-bond acceptors (Lipinski definition) is 4. The predicted molar refractivity (Wildman–Crippen MR) is 99.3 cm³/mol. The van der Waals surface area contributed by atoms with Crippen molar-refractivity contribution in [3.05, 3.63) is 70.3 Å². The summed E-state index contributed by atoms with van der Waals surface area (Å²) in [5.74, 6) is -0.240. The van der Waals surface area contributed by atoms with Crippen molar-refractivity contribution in [2.75, 3.05) is 12.4 Å². The van der Waals surface area contributed by atoms with Crippen molar-refractivity contribution < 1.29 is 9.53 Å². The van der Waals surface area contributed by atoms with Gasteiger partial charge in [0.1, 0.15) is 0 Å². The number of hydrogen-bond donors (Lipinski definition) is 3. The van der Waals surface area contributed by atoms with Gasteiger partial charge in [0.2, 0.25) is 5.56 Å². The minimum absolute atomic E-state index is 0.210. The second-order valence-electron chi connectivity index (χ2n) is 5.94. The maximum Gasteiger partial charge on any atom is 0.255 e. The van der Waals surface area contributed by atoms with Crippen LogP contribution in [0.2, 0.25) is 0 Å². The number of carbonyl (C=O) groups excluding carboxylic acids is 1. The van der Waals surface area contributed by atoms with Crippen LogP contribution < -0.4 is 10.9 Å². The van der Waals surface area contributed by atoms with Crippen LogP contribution in [-0.4, -0.2) is 28.0 Å². The molecule has 26 heavy (non-hydrogen) atoms. The lowest BCUT2D eigenvalue weighted by Gasteiger charge is -2.09. The maximum atomic E-state index is 12.5. The molecule has 0 unspecified atom stereocenters. The van der Waals surface area contributed by atoms with Crippen molar-refractivity contribution in [2.24, 2.45) is 0 Å². The summed E-state index contributed by atoms with van der Waals surface area (Å²) < 4.78 is 5.14. The van der Waals surface area contributed by atoms with E-state index in [1.54, 1.807) is 43.8 Å². The zero-order valence-electron chi connectivity index (χ0n) is 14.0. The number of aromatic amines is 2. The Hall–Kier alpha value is -3.45. The first-order chi connectivity index (χ1) is 12.6. The van der Waals surface area contributed by atoms with Gasteiger partial charge in [0.15, 0.2) is 0 Å². The van der Waals surface area contributed by atoms with Gasteiger partial charge in [-0.05, 0) is 35.9 Å². The average Bonchev–Trinajstić information content (AvgIpc) is 3.09. The van der Waals surface area contributed by atoms with Gasteiger partial charge in [-0.25, -0.2) is 4.98 Å². The molecule has 0 atom stereocenters. The van der Waals surface area contributed by atoms with Crippen molar-refractivity contribution in [1.29, 1.82) is 0 Å². The van der Waals surface area contributed by atoms with Crippen molar-refractivity contribution >= 4 is 33.5 Å². The summed E-state index contributed by atoms with van der Waals surface area (Å²) in [4.78, 5) is 34.2. The van der Waals surface area contributed by atoms with Crippen molar-refractivity contribution in [2.45, 2.75) is 6.61 Å². The molecule has 2 aromatic heterocycles. The molecule has 0 aliphatic heterocycles. The first kappa shape index (κ1) is 16.0. The lowest BCUT2D eigenvalue weighted by atomic mass is 10.1. The molecule has 0 fully saturated rings. The highest BCUT2D eigenvalue weighted by Crippen LogP contribution is 2.21. The summed E-state index contributed by atoms with van der Waals surface area (Å²) in [7, 11) is 1.58. The highest BCUT2D eigenvalue weighted by molar-refractivity contribution is 6.06. The Kier molecular flexibility index (Phi) is 3.98. The third-order valence-electron chi connectivity index (χ3n) is 4.17. The number of nitrogens with zero attached hydrogens (tertiary/aromatic N) is 1. The molecule has 130 valence electrons. The Labute approximate surface area is 148 Å². The number of ether oxygens (including phenoxy) is 1. The van der Waals surface area contributed by atoms with E-state index in [1.807, 2.05) is 6.07 Å². The quantitative estimate of drug-likeness (QED) is 0.528. The van der Waals surface area contributed by atoms with E-state index in [-0.39, 0.29) is 11.5 Å². The van der Waals surface area contributed by atoms with Gasteiger partial charge < -0.3 is 20.0 Å². The standard InChI is InChI=1S/C19H16N4O3/c1-26-9-12-7-18(24)23-16-8-13(3-4-14(12)16)22-19(25)11-2-5-15-17(6-11)21-10-20-15/h2-8,10H,9H2,1H3,(H,20,21)(H,22,25)(H,23,24). The second kappa shape index (κ2) is 6.45. The van der Waals surface area contributed by atoms with Crippen LogP contribution in [0, 0.1) is 0 Å². The summed E-state index contributed by atoms with van der Waals surface area (Å²) in [6.07, 6.45) is 1.59. The number of pyridine rings is 1. The fourth-order valence-electron chi connectivity index (χ4n) is 2.97. The molecule has 4 aromatic rings.